The summed E-state index contributed by atoms with van der Waals surface area (Å²) in [5.74, 6) is 0.952. The van der Waals surface area contributed by atoms with E-state index in [4.69, 9.17) is 16.1 Å². The van der Waals surface area contributed by atoms with Crippen LogP contribution in [0.4, 0.5) is 0 Å². The van der Waals surface area contributed by atoms with Gasteiger partial charge in [0.15, 0.2) is 5.82 Å². The molecule has 106 valence electrons. The van der Waals surface area contributed by atoms with Gasteiger partial charge in [0.05, 0.1) is 18.8 Å². The molecule has 0 saturated carbocycles. The van der Waals surface area contributed by atoms with Crippen molar-refractivity contribution >= 4 is 11.6 Å². The number of aliphatic hydroxyl groups is 2. The minimum Gasteiger partial charge on any atom is -0.389 e. The van der Waals surface area contributed by atoms with Gasteiger partial charge in [-0.3, -0.25) is 4.90 Å². The van der Waals surface area contributed by atoms with Crippen LogP contribution in [0.5, 0.6) is 0 Å². The van der Waals surface area contributed by atoms with Crippen LogP contribution in [0.3, 0.4) is 0 Å². The fraction of sp³-hybridized carbons (Fsp3) is 0.385. The largest absolute Gasteiger partial charge is 0.389 e. The molecule has 0 radical (unpaired) electrons. The Bertz CT molecular complexity index is 577. The number of aromatic nitrogens is 2. The van der Waals surface area contributed by atoms with Crippen molar-refractivity contribution in [3.05, 3.63) is 35.1 Å². The van der Waals surface area contributed by atoms with Crippen molar-refractivity contribution in [2.45, 2.75) is 18.8 Å². The van der Waals surface area contributed by atoms with Crippen molar-refractivity contribution in [1.82, 2.24) is 15.0 Å². The number of rotatable bonds is 3. The van der Waals surface area contributed by atoms with E-state index in [1.165, 1.54) is 0 Å². The van der Waals surface area contributed by atoms with E-state index >= 15 is 0 Å². The molecule has 1 saturated heterocycles. The van der Waals surface area contributed by atoms with Crippen LogP contribution in [0.2, 0.25) is 5.02 Å². The Morgan fingerprint density at radius 2 is 1.85 bits per heavy atom. The van der Waals surface area contributed by atoms with Gasteiger partial charge in [-0.25, -0.2) is 0 Å². The molecule has 1 aromatic heterocycles. The smallest absolute Gasteiger partial charge is 0.257 e. The summed E-state index contributed by atoms with van der Waals surface area (Å²) in [5, 5.41) is 23.5. The van der Waals surface area contributed by atoms with Crippen LogP contribution in [0.1, 0.15) is 5.82 Å². The number of nitrogens with zero attached hydrogens (tertiary/aromatic N) is 3. The highest BCUT2D eigenvalue weighted by Crippen LogP contribution is 2.20. The van der Waals surface area contributed by atoms with Crippen molar-refractivity contribution in [2.75, 3.05) is 13.1 Å². The molecule has 1 fully saturated rings. The average Bonchev–Trinajstić information content (AvgIpc) is 2.99. The Hall–Kier alpha value is -1.47. The van der Waals surface area contributed by atoms with Crippen LogP contribution in [0.15, 0.2) is 28.8 Å². The van der Waals surface area contributed by atoms with E-state index in [-0.39, 0.29) is 0 Å². The number of benzene rings is 1. The van der Waals surface area contributed by atoms with Crippen LogP contribution in [0, 0.1) is 0 Å². The highest BCUT2D eigenvalue weighted by molar-refractivity contribution is 6.30. The molecular formula is C13H14ClN3O3. The predicted octanol–water partition coefficient (Wildman–Crippen LogP) is 0.927. The molecular weight excluding hydrogens is 282 g/mol. The molecule has 3 rings (SSSR count). The van der Waals surface area contributed by atoms with Gasteiger partial charge in [-0.2, -0.15) is 4.98 Å². The van der Waals surface area contributed by atoms with Crippen molar-refractivity contribution in [3.63, 3.8) is 0 Å². The molecule has 2 N–H and O–H groups in total. The van der Waals surface area contributed by atoms with Gasteiger partial charge in [-0.05, 0) is 24.3 Å². The van der Waals surface area contributed by atoms with E-state index in [0.29, 0.717) is 36.4 Å². The molecule has 1 aromatic carbocycles. The molecule has 2 aromatic rings. The standard InChI is InChI=1S/C13H14ClN3O3/c14-9-3-1-8(2-4-9)13-15-12(16-20-13)7-17-5-10(18)11(19)6-17/h1-4,10-11,18-19H,5-7H2/t10-,11+. The first-order chi connectivity index (χ1) is 9.61. The fourth-order valence-corrected chi connectivity index (χ4v) is 2.33. The van der Waals surface area contributed by atoms with Crippen LogP contribution in [-0.2, 0) is 6.54 Å². The van der Waals surface area contributed by atoms with Gasteiger partial charge < -0.3 is 14.7 Å². The molecule has 1 aliphatic rings. The second-order valence-electron chi connectivity index (χ2n) is 4.85. The lowest BCUT2D eigenvalue weighted by Crippen LogP contribution is -2.22. The molecule has 0 amide bonds. The van der Waals surface area contributed by atoms with Gasteiger partial charge >= 0.3 is 0 Å². The van der Waals surface area contributed by atoms with E-state index in [9.17, 15) is 10.2 Å². The third-order valence-corrected chi connectivity index (χ3v) is 3.51. The summed E-state index contributed by atoms with van der Waals surface area (Å²) in [6, 6.07) is 7.13. The van der Waals surface area contributed by atoms with Crippen molar-refractivity contribution < 1.29 is 14.7 Å². The van der Waals surface area contributed by atoms with Crippen molar-refractivity contribution in [1.29, 1.82) is 0 Å². The first-order valence-corrected chi connectivity index (χ1v) is 6.66. The van der Waals surface area contributed by atoms with E-state index in [1.807, 2.05) is 17.0 Å². The monoisotopic (exact) mass is 295 g/mol. The molecule has 20 heavy (non-hydrogen) atoms. The Labute approximate surface area is 120 Å². The number of hydrogen-bond acceptors (Lipinski definition) is 6. The summed E-state index contributed by atoms with van der Waals surface area (Å²) in [5.41, 5.74) is 0.801. The van der Waals surface area contributed by atoms with Crippen LogP contribution >= 0.6 is 11.6 Å². The van der Waals surface area contributed by atoms with Gasteiger partial charge in [0.1, 0.15) is 0 Å². The molecule has 0 spiro atoms. The number of likely N-dealkylation sites (tertiary alicyclic amines) is 1. The summed E-state index contributed by atoms with van der Waals surface area (Å²) >= 11 is 5.82. The first kappa shape index (κ1) is 13.5. The van der Waals surface area contributed by atoms with Crippen molar-refractivity contribution in [3.8, 4) is 11.5 Å². The van der Waals surface area contributed by atoms with E-state index < -0.39 is 12.2 Å². The zero-order valence-electron chi connectivity index (χ0n) is 10.6. The van der Waals surface area contributed by atoms with E-state index in [1.54, 1.807) is 12.1 Å². The zero-order chi connectivity index (χ0) is 14.1. The highest BCUT2D eigenvalue weighted by atomic mass is 35.5. The lowest BCUT2D eigenvalue weighted by molar-refractivity contribution is 0.0572. The third kappa shape index (κ3) is 2.83. The second-order valence-corrected chi connectivity index (χ2v) is 5.29. The molecule has 7 heteroatoms. The Kier molecular flexibility index (Phi) is 3.71. The quantitative estimate of drug-likeness (QED) is 0.876. The number of aliphatic hydroxyl groups excluding tert-OH is 2. The SMILES string of the molecule is O[C@@H]1CN(Cc2noc(-c3ccc(Cl)cc3)n2)C[C@@H]1O. The molecule has 0 aliphatic carbocycles. The fourth-order valence-electron chi connectivity index (χ4n) is 2.20. The summed E-state index contributed by atoms with van der Waals surface area (Å²) in [4.78, 5) is 6.18. The maximum Gasteiger partial charge on any atom is 0.257 e. The normalized spacial score (nSPS) is 23.4. The molecule has 6 nitrogen and oxygen atoms in total. The second kappa shape index (κ2) is 5.49. The Balaban J connectivity index is 1.69. The minimum atomic E-state index is -0.711. The van der Waals surface area contributed by atoms with Crippen LogP contribution < -0.4 is 0 Å². The molecule has 0 bridgehead atoms. The van der Waals surface area contributed by atoms with Gasteiger partial charge in [0, 0.05) is 23.7 Å². The Morgan fingerprint density at radius 3 is 2.50 bits per heavy atom. The van der Waals surface area contributed by atoms with Gasteiger partial charge in [-0.15, -0.1) is 0 Å². The third-order valence-electron chi connectivity index (χ3n) is 3.26. The lowest BCUT2D eigenvalue weighted by atomic mass is 10.2. The zero-order valence-corrected chi connectivity index (χ0v) is 11.4. The summed E-state index contributed by atoms with van der Waals surface area (Å²) in [7, 11) is 0. The first-order valence-electron chi connectivity index (χ1n) is 6.29. The Morgan fingerprint density at radius 1 is 1.20 bits per heavy atom. The predicted molar refractivity (Wildman–Crippen MR) is 72.0 cm³/mol. The number of hydrogen-bond donors (Lipinski definition) is 2. The number of halogens is 1. The van der Waals surface area contributed by atoms with Gasteiger partial charge in [0.25, 0.3) is 5.89 Å². The molecule has 2 heterocycles. The molecule has 1 aliphatic heterocycles. The topological polar surface area (TPSA) is 82.6 Å². The number of β-amino-alcohol motifs (C(OH)–C–C–N with tert-alkyl or cyclic N) is 2. The van der Waals surface area contributed by atoms with Crippen LogP contribution in [0.25, 0.3) is 11.5 Å². The summed E-state index contributed by atoms with van der Waals surface area (Å²) in [6.07, 6.45) is -1.42. The van der Waals surface area contributed by atoms with Crippen LogP contribution in [-0.4, -0.2) is 50.6 Å². The summed E-state index contributed by atoms with van der Waals surface area (Å²) in [6.45, 7) is 1.25. The van der Waals surface area contributed by atoms with Gasteiger partial charge in [-0.1, -0.05) is 16.8 Å². The van der Waals surface area contributed by atoms with E-state index in [2.05, 4.69) is 10.1 Å². The maximum atomic E-state index is 9.49. The molecule has 2 atom stereocenters. The summed E-state index contributed by atoms with van der Waals surface area (Å²) < 4.78 is 5.20. The average molecular weight is 296 g/mol. The van der Waals surface area contributed by atoms with Gasteiger partial charge in [0.2, 0.25) is 0 Å². The van der Waals surface area contributed by atoms with Crippen molar-refractivity contribution in [2.24, 2.45) is 0 Å². The lowest BCUT2D eigenvalue weighted by Gasteiger charge is -2.10. The highest BCUT2D eigenvalue weighted by Gasteiger charge is 2.30. The molecule has 0 unspecified atom stereocenters. The minimum absolute atomic E-state index is 0.409. The maximum absolute atomic E-state index is 9.49. The van der Waals surface area contributed by atoms with E-state index in [0.717, 1.165) is 5.56 Å².